The summed E-state index contributed by atoms with van der Waals surface area (Å²) in [6.07, 6.45) is 3.16. The first-order valence-electron chi connectivity index (χ1n) is 8.87. The summed E-state index contributed by atoms with van der Waals surface area (Å²) in [7, 11) is 3.23. The fourth-order valence-corrected chi connectivity index (χ4v) is 2.66. The number of hydrogen-bond donors (Lipinski definition) is 0. The van der Waals surface area contributed by atoms with E-state index >= 15 is 0 Å². The molecule has 0 radical (unpaired) electrons. The fraction of sp³-hybridized carbons (Fsp3) is 0.286. The Bertz CT molecular complexity index is 879. The van der Waals surface area contributed by atoms with E-state index in [1.54, 1.807) is 44.5 Å². The van der Waals surface area contributed by atoms with Crippen LogP contribution in [-0.2, 0) is 4.79 Å². The first-order chi connectivity index (χ1) is 13.4. The largest absolute Gasteiger partial charge is 0.493 e. The Labute approximate surface area is 164 Å². The molecule has 2 rings (SSSR count). The lowest BCUT2D eigenvalue weighted by molar-refractivity contribution is -0.384. The van der Waals surface area contributed by atoms with Crippen molar-refractivity contribution in [3.63, 3.8) is 0 Å². The molecular weight excluding hydrogens is 360 g/mol. The highest BCUT2D eigenvalue weighted by atomic mass is 16.6. The summed E-state index contributed by atoms with van der Waals surface area (Å²) in [4.78, 5) is 24.6. The average molecular weight is 384 g/mol. The second-order valence-electron chi connectivity index (χ2n) is 6.15. The van der Waals surface area contributed by atoms with Gasteiger partial charge in [-0.25, -0.2) is 0 Å². The SMILES string of the molecule is CCOc1cc(/C=C/C(=O)N(C)[C@H](C)c2cccc([N+](=O)[O-])c2)ccc1OC. The summed E-state index contributed by atoms with van der Waals surface area (Å²) < 4.78 is 10.8. The number of ether oxygens (including phenoxy) is 2. The van der Waals surface area contributed by atoms with Gasteiger partial charge in [0.15, 0.2) is 11.5 Å². The monoisotopic (exact) mass is 384 g/mol. The van der Waals surface area contributed by atoms with Gasteiger partial charge < -0.3 is 14.4 Å². The number of nitro groups is 1. The number of benzene rings is 2. The van der Waals surface area contributed by atoms with E-state index in [0.29, 0.717) is 23.7 Å². The molecule has 0 spiro atoms. The summed E-state index contributed by atoms with van der Waals surface area (Å²) in [5, 5.41) is 11.0. The van der Waals surface area contributed by atoms with Crippen molar-refractivity contribution < 1.29 is 19.2 Å². The van der Waals surface area contributed by atoms with Gasteiger partial charge >= 0.3 is 0 Å². The van der Waals surface area contributed by atoms with Crippen LogP contribution in [0.2, 0.25) is 0 Å². The number of non-ortho nitro benzene ring substituents is 1. The van der Waals surface area contributed by atoms with E-state index in [0.717, 1.165) is 5.56 Å². The Hall–Kier alpha value is -3.35. The number of carbonyl (C=O) groups excluding carboxylic acids is 1. The Morgan fingerprint density at radius 2 is 2.00 bits per heavy atom. The maximum absolute atomic E-state index is 12.5. The summed E-state index contributed by atoms with van der Waals surface area (Å²) in [5.74, 6) is 1.02. The van der Waals surface area contributed by atoms with Crippen LogP contribution < -0.4 is 9.47 Å². The standard InChI is InChI=1S/C21H24N2O5/c1-5-28-20-13-16(9-11-19(20)27-4)10-12-21(24)22(3)15(2)17-7-6-8-18(14-17)23(25)26/h6-15H,5H2,1-4H3/b12-10+/t15-/m1/s1. The number of methoxy groups -OCH3 is 1. The maximum Gasteiger partial charge on any atom is 0.269 e. The summed E-state index contributed by atoms with van der Waals surface area (Å²) >= 11 is 0. The predicted octanol–water partition coefficient (Wildman–Crippen LogP) is 4.23. The topological polar surface area (TPSA) is 81.9 Å². The van der Waals surface area contributed by atoms with Crippen molar-refractivity contribution in [3.8, 4) is 11.5 Å². The van der Waals surface area contributed by atoms with Crippen molar-refractivity contribution >= 4 is 17.7 Å². The number of carbonyl (C=O) groups is 1. The van der Waals surface area contributed by atoms with Crippen molar-refractivity contribution in [1.29, 1.82) is 0 Å². The van der Waals surface area contributed by atoms with E-state index < -0.39 is 4.92 Å². The van der Waals surface area contributed by atoms with Crippen LogP contribution in [0, 0.1) is 10.1 Å². The lowest BCUT2D eigenvalue weighted by Crippen LogP contribution is -2.28. The van der Waals surface area contributed by atoms with E-state index in [4.69, 9.17) is 9.47 Å². The molecule has 2 aromatic rings. The molecule has 2 aromatic carbocycles. The quantitative estimate of drug-likeness (QED) is 0.386. The van der Waals surface area contributed by atoms with Gasteiger partial charge in [-0.3, -0.25) is 14.9 Å². The van der Waals surface area contributed by atoms with E-state index in [2.05, 4.69) is 0 Å². The molecule has 1 amide bonds. The molecule has 0 unspecified atom stereocenters. The third-order valence-electron chi connectivity index (χ3n) is 4.40. The van der Waals surface area contributed by atoms with Crippen molar-refractivity contribution in [2.75, 3.05) is 20.8 Å². The van der Waals surface area contributed by atoms with Crippen LogP contribution in [0.1, 0.15) is 31.0 Å². The summed E-state index contributed by atoms with van der Waals surface area (Å²) in [5.41, 5.74) is 1.50. The van der Waals surface area contributed by atoms with Gasteiger partial charge in [-0.15, -0.1) is 0 Å². The highest BCUT2D eigenvalue weighted by Gasteiger charge is 2.17. The maximum atomic E-state index is 12.5. The minimum absolute atomic E-state index is 0.00225. The van der Waals surface area contributed by atoms with Gasteiger partial charge in [-0.2, -0.15) is 0 Å². The second kappa shape index (κ2) is 9.55. The average Bonchev–Trinajstić information content (AvgIpc) is 2.71. The van der Waals surface area contributed by atoms with Gasteiger partial charge in [0.1, 0.15) is 0 Å². The highest BCUT2D eigenvalue weighted by molar-refractivity contribution is 5.92. The van der Waals surface area contributed by atoms with E-state index in [1.807, 2.05) is 19.9 Å². The Balaban J connectivity index is 2.14. The summed E-state index contributed by atoms with van der Waals surface area (Å²) in [6, 6.07) is 11.4. The minimum atomic E-state index is -0.447. The fourth-order valence-electron chi connectivity index (χ4n) is 2.66. The zero-order valence-corrected chi connectivity index (χ0v) is 16.4. The molecule has 0 aliphatic carbocycles. The van der Waals surface area contributed by atoms with Crippen molar-refractivity contribution in [2.24, 2.45) is 0 Å². The molecule has 1 atom stereocenters. The molecule has 0 bridgehead atoms. The summed E-state index contributed by atoms with van der Waals surface area (Å²) in [6.45, 7) is 4.22. The normalized spacial score (nSPS) is 11.9. The van der Waals surface area contributed by atoms with Crippen molar-refractivity contribution in [3.05, 3.63) is 69.8 Å². The molecule has 0 N–H and O–H groups in total. The van der Waals surface area contributed by atoms with Crippen molar-refractivity contribution in [2.45, 2.75) is 19.9 Å². The molecule has 0 aromatic heterocycles. The molecule has 0 heterocycles. The zero-order chi connectivity index (χ0) is 20.7. The molecule has 0 fully saturated rings. The molecule has 28 heavy (non-hydrogen) atoms. The molecule has 148 valence electrons. The van der Waals surface area contributed by atoms with Crippen LogP contribution in [0.3, 0.4) is 0 Å². The van der Waals surface area contributed by atoms with Gasteiger partial charge in [0.2, 0.25) is 5.91 Å². The number of amides is 1. The second-order valence-corrected chi connectivity index (χ2v) is 6.15. The Morgan fingerprint density at radius 3 is 2.64 bits per heavy atom. The van der Waals surface area contributed by atoms with Gasteiger partial charge in [-0.05, 0) is 43.2 Å². The lowest BCUT2D eigenvalue weighted by atomic mass is 10.1. The van der Waals surface area contributed by atoms with E-state index in [1.165, 1.54) is 23.1 Å². The van der Waals surface area contributed by atoms with Crippen LogP contribution in [-0.4, -0.2) is 36.5 Å². The van der Waals surface area contributed by atoms with Crippen molar-refractivity contribution in [1.82, 2.24) is 4.90 Å². The number of nitrogens with zero attached hydrogens (tertiary/aromatic N) is 2. The zero-order valence-electron chi connectivity index (χ0n) is 16.4. The first kappa shape index (κ1) is 21.0. The molecular formula is C21H24N2O5. The first-order valence-corrected chi connectivity index (χ1v) is 8.87. The van der Waals surface area contributed by atoms with Crippen LogP contribution in [0.15, 0.2) is 48.5 Å². The van der Waals surface area contributed by atoms with Crippen LogP contribution in [0.5, 0.6) is 11.5 Å². The third-order valence-corrected chi connectivity index (χ3v) is 4.40. The molecule has 0 saturated carbocycles. The van der Waals surface area contributed by atoms with Gasteiger partial charge in [0, 0.05) is 25.3 Å². The van der Waals surface area contributed by atoms with Crippen LogP contribution >= 0.6 is 0 Å². The molecule has 0 aliphatic heterocycles. The Morgan fingerprint density at radius 1 is 1.25 bits per heavy atom. The number of rotatable bonds is 8. The highest BCUT2D eigenvalue weighted by Crippen LogP contribution is 2.29. The smallest absolute Gasteiger partial charge is 0.269 e. The van der Waals surface area contributed by atoms with Crippen LogP contribution in [0.25, 0.3) is 6.08 Å². The van der Waals surface area contributed by atoms with Gasteiger partial charge in [0.25, 0.3) is 5.69 Å². The van der Waals surface area contributed by atoms with E-state index in [9.17, 15) is 14.9 Å². The number of hydrogen-bond acceptors (Lipinski definition) is 5. The van der Waals surface area contributed by atoms with Gasteiger partial charge in [0.05, 0.1) is 24.7 Å². The number of nitro benzene ring substituents is 1. The molecule has 7 nitrogen and oxygen atoms in total. The Kier molecular flexibility index (Phi) is 7.14. The molecule has 0 aliphatic rings. The van der Waals surface area contributed by atoms with E-state index in [-0.39, 0.29) is 17.6 Å². The van der Waals surface area contributed by atoms with Gasteiger partial charge in [-0.1, -0.05) is 18.2 Å². The third kappa shape index (κ3) is 5.09. The minimum Gasteiger partial charge on any atom is -0.493 e. The molecule has 0 saturated heterocycles. The lowest BCUT2D eigenvalue weighted by Gasteiger charge is -2.24. The van der Waals surface area contributed by atoms with Crippen LogP contribution in [0.4, 0.5) is 5.69 Å². The predicted molar refractivity (Wildman–Crippen MR) is 107 cm³/mol. The molecule has 7 heteroatoms. The number of likely N-dealkylation sites (N-methyl/N-ethyl adjacent to an activating group) is 1.